The molecule has 26 heavy (non-hydrogen) atoms. The van der Waals surface area contributed by atoms with Gasteiger partial charge in [0.15, 0.2) is 6.10 Å². The number of nitrogens with one attached hydrogen (secondary N) is 2. The third-order valence-corrected chi connectivity index (χ3v) is 4.25. The SMILES string of the molecule is CSc1ccc(C(=O)O[C@@H](C)C(=O)NC(=O)NCc2ccccc2)cc1. The molecular formula is C19H20N2O4S. The zero-order chi connectivity index (χ0) is 18.9. The van der Waals surface area contributed by atoms with E-state index in [9.17, 15) is 14.4 Å². The fourth-order valence-electron chi connectivity index (χ4n) is 2.05. The summed E-state index contributed by atoms with van der Waals surface area (Å²) in [7, 11) is 0. The Bertz CT molecular complexity index is 763. The van der Waals surface area contributed by atoms with Gasteiger partial charge in [-0.15, -0.1) is 11.8 Å². The summed E-state index contributed by atoms with van der Waals surface area (Å²) in [5, 5.41) is 4.72. The third-order valence-electron chi connectivity index (χ3n) is 3.51. The van der Waals surface area contributed by atoms with E-state index in [0.29, 0.717) is 5.56 Å². The molecule has 1 atom stereocenters. The normalized spacial score (nSPS) is 11.3. The van der Waals surface area contributed by atoms with Gasteiger partial charge >= 0.3 is 12.0 Å². The summed E-state index contributed by atoms with van der Waals surface area (Å²) in [6, 6.07) is 15.5. The lowest BCUT2D eigenvalue weighted by Gasteiger charge is -2.13. The van der Waals surface area contributed by atoms with Crippen LogP contribution in [0.1, 0.15) is 22.8 Å². The van der Waals surface area contributed by atoms with Gasteiger partial charge in [-0.1, -0.05) is 30.3 Å². The van der Waals surface area contributed by atoms with E-state index in [4.69, 9.17) is 4.74 Å². The lowest BCUT2D eigenvalue weighted by Crippen LogP contribution is -2.44. The van der Waals surface area contributed by atoms with E-state index >= 15 is 0 Å². The first-order valence-corrected chi connectivity index (χ1v) is 9.19. The molecule has 0 aliphatic rings. The van der Waals surface area contributed by atoms with Crippen molar-refractivity contribution in [3.05, 3.63) is 65.7 Å². The zero-order valence-corrected chi connectivity index (χ0v) is 15.3. The smallest absolute Gasteiger partial charge is 0.338 e. The van der Waals surface area contributed by atoms with Crippen LogP contribution in [-0.4, -0.2) is 30.3 Å². The van der Waals surface area contributed by atoms with Gasteiger partial charge < -0.3 is 10.1 Å². The van der Waals surface area contributed by atoms with Crippen molar-refractivity contribution in [3.63, 3.8) is 0 Å². The van der Waals surface area contributed by atoms with Crippen LogP contribution in [0.2, 0.25) is 0 Å². The first-order valence-electron chi connectivity index (χ1n) is 7.97. The van der Waals surface area contributed by atoms with Crippen molar-refractivity contribution in [2.45, 2.75) is 24.5 Å². The molecule has 0 saturated heterocycles. The van der Waals surface area contributed by atoms with Crippen molar-refractivity contribution < 1.29 is 19.1 Å². The Morgan fingerprint density at radius 3 is 2.31 bits per heavy atom. The minimum absolute atomic E-state index is 0.288. The minimum atomic E-state index is -1.09. The maximum atomic E-state index is 12.0. The van der Waals surface area contributed by atoms with Crippen LogP contribution in [-0.2, 0) is 16.1 Å². The van der Waals surface area contributed by atoms with Crippen molar-refractivity contribution in [1.29, 1.82) is 0 Å². The molecule has 0 fully saturated rings. The number of urea groups is 1. The van der Waals surface area contributed by atoms with Gasteiger partial charge in [-0.05, 0) is 43.0 Å². The number of carbonyl (C=O) groups excluding carboxylic acids is 3. The van der Waals surface area contributed by atoms with E-state index in [-0.39, 0.29) is 6.54 Å². The molecule has 0 bridgehead atoms. The number of imide groups is 1. The second kappa shape index (κ2) is 9.62. The topological polar surface area (TPSA) is 84.5 Å². The standard InChI is InChI=1S/C19H20N2O4S/c1-13(25-18(23)15-8-10-16(26-2)11-9-15)17(22)21-19(24)20-12-14-6-4-3-5-7-14/h3-11,13H,12H2,1-2H3,(H2,20,21,22,24)/t13-/m0/s1. The Morgan fingerprint density at radius 1 is 1.04 bits per heavy atom. The van der Waals surface area contributed by atoms with Crippen LogP contribution in [0.5, 0.6) is 0 Å². The average molecular weight is 372 g/mol. The van der Waals surface area contributed by atoms with Crippen molar-refractivity contribution in [3.8, 4) is 0 Å². The van der Waals surface area contributed by atoms with Gasteiger partial charge in [-0.25, -0.2) is 9.59 Å². The Balaban J connectivity index is 1.80. The summed E-state index contributed by atoms with van der Waals surface area (Å²) in [4.78, 5) is 36.8. The van der Waals surface area contributed by atoms with Crippen molar-refractivity contribution in [2.75, 3.05) is 6.26 Å². The predicted octanol–water partition coefficient (Wildman–Crippen LogP) is 2.98. The Kier molecular flexibility index (Phi) is 7.23. The van der Waals surface area contributed by atoms with Gasteiger partial charge in [0.05, 0.1) is 5.56 Å². The highest BCUT2D eigenvalue weighted by molar-refractivity contribution is 7.98. The molecule has 2 aromatic rings. The van der Waals surface area contributed by atoms with Gasteiger partial charge in [-0.2, -0.15) is 0 Å². The molecule has 0 spiro atoms. The van der Waals surface area contributed by atoms with Gasteiger partial charge in [0.1, 0.15) is 0 Å². The minimum Gasteiger partial charge on any atom is -0.449 e. The zero-order valence-electron chi connectivity index (χ0n) is 14.5. The number of thioether (sulfide) groups is 1. The van der Waals surface area contributed by atoms with E-state index in [0.717, 1.165) is 10.5 Å². The van der Waals surface area contributed by atoms with Gasteiger partial charge in [-0.3, -0.25) is 10.1 Å². The number of carbonyl (C=O) groups is 3. The molecule has 136 valence electrons. The summed E-state index contributed by atoms with van der Waals surface area (Å²) in [5.41, 5.74) is 1.25. The van der Waals surface area contributed by atoms with Crippen molar-refractivity contribution >= 4 is 29.7 Å². The lowest BCUT2D eigenvalue weighted by molar-refractivity contribution is -0.127. The largest absolute Gasteiger partial charge is 0.449 e. The number of rotatable bonds is 6. The fraction of sp³-hybridized carbons (Fsp3) is 0.211. The number of benzene rings is 2. The maximum absolute atomic E-state index is 12.0. The van der Waals surface area contributed by atoms with E-state index < -0.39 is 24.0 Å². The second-order valence-corrected chi connectivity index (χ2v) is 6.31. The quantitative estimate of drug-likeness (QED) is 0.602. The van der Waals surface area contributed by atoms with E-state index in [1.165, 1.54) is 6.92 Å². The number of hydrogen-bond acceptors (Lipinski definition) is 5. The van der Waals surface area contributed by atoms with Crippen molar-refractivity contribution in [1.82, 2.24) is 10.6 Å². The van der Waals surface area contributed by atoms with Crippen LogP contribution in [0.15, 0.2) is 59.5 Å². The number of hydrogen-bond donors (Lipinski definition) is 2. The van der Waals surface area contributed by atoms with Crippen LogP contribution >= 0.6 is 11.8 Å². The molecule has 6 nitrogen and oxygen atoms in total. The highest BCUT2D eigenvalue weighted by Crippen LogP contribution is 2.15. The Morgan fingerprint density at radius 2 is 1.69 bits per heavy atom. The monoisotopic (exact) mass is 372 g/mol. The van der Waals surface area contributed by atoms with E-state index in [1.807, 2.05) is 36.6 Å². The number of amides is 3. The molecule has 0 saturated carbocycles. The average Bonchev–Trinajstić information content (AvgIpc) is 2.67. The van der Waals surface area contributed by atoms with Crippen LogP contribution in [0.25, 0.3) is 0 Å². The molecule has 2 aromatic carbocycles. The summed E-state index contributed by atoms with van der Waals surface area (Å²) >= 11 is 1.56. The van der Waals surface area contributed by atoms with Gasteiger partial charge in [0.2, 0.25) is 0 Å². The second-order valence-electron chi connectivity index (χ2n) is 5.43. The van der Waals surface area contributed by atoms with Crippen LogP contribution in [0.3, 0.4) is 0 Å². The Hall–Kier alpha value is -2.80. The molecule has 0 aromatic heterocycles. The third kappa shape index (κ3) is 5.93. The Labute approximate surface area is 156 Å². The van der Waals surface area contributed by atoms with Gasteiger partial charge in [0, 0.05) is 11.4 Å². The molecular weight excluding hydrogens is 352 g/mol. The van der Waals surface area contributed by atoms with Gasteiger partial charge in [0.25, 0.3) is 5.91 Å². The van der Waals surface area contributed by atoms with E-state index in [2.05, 4.69) is 10.6 Å². The molecule has 0 aliphatic heterocycles. The number of esters is 1. The number of ether oxygens (including phenoxy) is 1. The molecule has 0 radical (unpaired) electrons. The summed E-state index contributed by atoms with van der Waals surface area (Å²) < 4.78 is 5.10. The van der Waals surface area contributed by atoms with Crippen LogP contribution in [0.4, 0.5) is 4.79 Å². The highest BCUT2D eigenvalue weighted by Gasteiger charge is 2.20. The molecule has 0 unspecified atom stereocenters. The van der Waals surface area contributed by atoms with Crippen LogP contribution in [0, 0.1) is 0 Å². The fourth-order valence-corrected chi connectivity index (χ4v) is 2.45. The lowest BCUT2D eigenvalue weighted by atomic mass is 10.2. The summed E-state index contributed by atoms with van der Waals surface area (Å²) in [5.74, 6) is -1.31. The summed E-state index contributed by atoms with van der Waals surface area (Å²) in [6.45, 7) is 1.70. The van der Waals surface area contributed by atoms with E-state index in [1.54, 1.807) is 36.0 Å². The maximum Gasteiger partial charge on any atom is 0.338 e. The molecule has 0 aliphatic carbocycles. The predicted molar refractivity (Wildman–Crippen MR) is 99.9 cm³/mol. The summed E-state index contributed by atoms with van der Waals surface area (Å²) in [6.07, 6.45) is 0.841. The highest BCUT2D eigenvalue weighted by atomic mass is 32.2. The molecule has 0 heterocycles. The first-order chi connectivity index (χ1) is 12.5. The molecule has 2 rings (SSSR count). The molecule has 2 N–H and O–H groups in total. The molecule has 3 amide bonds. The first kappa shape index (κ1) is 19.5. The molecule has 7 heteroatoms. The van der Waals surface area contributed by atoms with Crippen molar-refractivity contribution in [2.24, 2.45) is 0 Å². The van der Waals surface area contributed by atoms with Crippen LogP contribution < -0.4 is 10.6 Å².